The van der Waals surface area contributed by atoms with Crippen molar-refractivity contribution >= 4 is 29.0 Å². The summed E-state index contributed by atoms with van der Waals surface area (Å²) in [7, 11) is 2.74. The van der Waals surface area contributed by atoms with Crippen LogP contribution in [0.15, 0.2) is 53.7 Å². The molecule has 0 spiro atoms. The van der Waals surface area contributed by atoms with Crippen LogP contribution >= 0.6 is 11.8 Å². The van der Waals surface area contributed by atoms with Gasteiger partial charge in [-0.05, 0) is 36.4 Å². The van der Waals surface area contributed by atoms with E-state index in [4.69, 9.17) is 9.47 Å². The van der Waals surface area contributed by atoms with Crippen molar-refractivity contribution in [3.05, 3.63) is 64.3 Å². The van der Waals surface area contributed by atoms with Crippen molar-refractivity contribution in [2.24, 2.45) is 0 Å². The normalized spacial score (nSPS) is 11.1. The minimum absolute atomic E-state index is 0.0323. The molecule has 1 amide bonds. The number of alkyl halides is 3. The van der Waals surface area contributed by atoms with Gasteiger partial charge in [0.15, 0.2) is 5.16 Å². The molecule has 1 N–H and O–H groups in total. The molecule has 0 atom stereocenters. The first-order valence-electron chi connectivity index (χ1n) is 9.46. The van der Waals surface area contributed by atoms with Gasteiger partial charge in [-0.15, -0.1) is 0 Å². The molecule has 13 heteroatoms. The monoisotopic (exact) mass is 494 g/mol. The van der Waals surface area contributed by atoms with Crippen molar-refractivity contribution in [3.63, 3.8) is 0 Å². The van der Waals surface area contributed by atoms with E-state index in [1.165, 1.54) is 26.4 Å². The Kier molecular flexibility index (Phi) is 7.56. The summed E-state index contributed by atoms with van der Waals surface area (Å²) >= 11 is 0.708. The predicted molar refractivity (Wildman–Crippen MR) is 118 cm³/mol. The first-order valence-corrected chi connectivity index (χ1v) is 10.4. The van der Waals surface area contributed by atoms with E-state index < -0.39 is 22.7 Å². The first-order chi connectivity index (χ1) is 16.1. The van der Waals surface area contributed by atoms with Crippen LogP contribution < -0.4 is 14.8 Å². The Balaban J connectivity index is 1.79. The molecular formula is C21H17F3N4O5S. The standard InChI is InChI=1S/C21H17F3N4O5S/c1-32-14-6-3-12(4-7-14)16-10-18(21(22,23)24)27-20(26-16)34-11-19(29)25-15-8-5-13(28(30)31)9-17(15)33-2/h3-10H,11H2,1-2H3,(H,25,29). The molecule has 0 saturated carbocycles. The number of ether oxygens (including phenoxy) is 2. The molecule has 0 fully saturated rings. The quantitative estimate of drug-likeness (QED) is 0.205. The van der Waals surface area contributed by atoms with E-state index in [2.05, 4.69) is 15.3 Å². The molecule has 0 saturated heterocycles. The lowest BCUT2D eigenvalue weighted by Crippen LogP contribution is -2.16. The molecule has 3 aromatic rings. The number of nitro groups is 1. The number of methoxy groups -OCH3 is 2. The zero-order valence-electron chi connectivity index (χ0n) is 17.8. The molecule has 0 unspecified atom stereocenters. The van der Waals surface area contributed by atoms with Gasteiger partial charge in [-0.1, -0.05) is 11.8 Å². The molecule has 2 aromatic carbocycles. The van der Waals surface area contributed by atoms with E-state index >= 15 is 0 Å². The highest BCUT2D eigenvalue weighted by Crippen LogP contribution is 2.33. The molecule has 3 rings (SSSR count). The Hall–Kier alpha value is -3.87. The molecule has 0 aliphatic heterocycles. The summed E-state index contributed by atoms with van der Waals surface area (Å²) in [5, 5.41) is 13.1. The van der Waals surface area contributed by atoms with Crippen LogP contribution in [-0.2, 0) is 11.0 Å². The molecule has 1 aromatic heterocycles. The van der Waals surface area contributed by atoms with E-state index in [0.29, 0.717) is 23.1 Å². The third-order valence-electron chi connectivity index (χ3n) is 4.38. The third kappa shape index (κ3) is 6.13. The van der Waals surface area contributed by atoms with Gasteiger partial charge < -0.3 is 14.8 Å². The number of rotatable bonds is 8. The van der Waals surface area contributed by atoms with Crippen LogP contribution in [0, 0.1) is 10.1 Å². The van der Waals surface area contributed by atoms with Crippen molar-refractivity contribution in [2.45, 2.75) is 11.3 Å². The number of hydrogen-bond acceptors (Lipinski definition) is 8. The summed E-state index contributed by atoms with van der Waals surface area (Å²) in [6.07, 6.45) is -4.71. The van der Waals surface area contributed by atoms with Gasteiger partial charge in [0.25, 0.3) is 5.69 Å². The number of carbonyl (C=O) groups is 1. The Bertz CT molecular complexity index is 1210. The van der Waals surface area contributed by atoms with Gasteiger partial charge >= 0.3 is 6.18 Å². The van der Waals surface area contributed by atoms with Crippen LogP contribution in [0.25, 0.3) is 11.3 Å². The molecule has 0 radical (unpaired) electrons. The zero-order valence-corrected chi connectivity index (χ0v) is 18.6. The number of anilines is 1. The SMILES string of the molecule is COc1ccc(-c2cc(C(F)(F)F)nc(SCC(=O)Nc3ccc([N+](=O)[O-])cc3OC)n2)cc1. The highest BCUT2D eigenvalue weighted by atomic mass is 32.2. The second-order valence-corrected chi connectivity index (χ2v) is 7.57. The second kappa shape index (κ2) is 10.4. The lowest BCUT2D eigenvalue weighted by molar-refractivity contribution is -0.384. The Morgan fingerprint density at radius 3 is 2.38 bits per heavy atom. The fourth-order valence-corrected chi connectivity index (χ4v) is 3.42. The van der Waals surface area contributed by atoms with E-state index in [1.807, 2.05) is 0 Å². The van der Waals surface area contributed by atoms with Gasteiger partial charge in [0.05, 0.1) is 42.3 Å². The Morgan fingerprint density at radius 1 is 1.09 bits per heavy atom. The number of halogens is 3. The smallest absolute Gasteiger partial charge is 0.433 e. The maximum Gasteiger partial charge on any atom is 0.433 e. The number of hydrogen-bond donors (Lipinski definition) is 1. The number of non-ortho nitro benzene ring substituents is 1. The molecule has 0 aliphatic carbocycles. The van der Waals surface area contributed by atoms with Crippen LogP contribution in [-0.4, -0.2) is 40.8 Å². The van der Waals surface area contributed by atoms with Crippen LogP contribution in [0.1, 0.15) is 5.69 Å². The van der Waals surface area contributed by atoms with Crippen LogP contribution in [0.5, 0.6) is 11.5 Å². The number of nitrogens with one attached hydrogen (secondary N) is 1. The van der Waals surface area contributed by atoms with Crippen molar-refractivity contribution in [1.82, 2.24) is 9.97 Å². The van der Waals surface area contributed by atoms with Gasteiger partial charge in [0.2, 0.25) is 5.91 Å². The van der Waals surface area contributed by atoms with E-state index in [-0.39, 0.29) is 33.7 Å². The average molecular weight is 494 g/mol. The topological polar surface area (TPSA) is 116 Å². The molecule has 0 bridgehead atoms. The van der Waals surface area contributed by atoms with Crippen LogP contribution in [0.4, 0.5) is 24.5 Å². The minimum Gasteiger partial charge on any atom is -0.497 e. The maximum absolute atomic E-state index is 13.4. The second-order valence-electron chi connectivity index (χ2n) is 6.63. The van der Waals surface area contributed by atoms with E-state index in [1.54, 1.807) is 24.3 Å². The first kappa shape index (κ1) is 24.8. The molecule has 9 nitrogen and oxygen atoms in total. The Morgan fingerprint density at radius 2 is 1.79 bits per heavy atom. The molecule has 34 heavy (non-hydrogen) atoms. The lowest BCUT2D eigenvalue weighted by atomic mass is 10.1. The van der Waals surface area contributed by atoms with Crippen molar-refractivity contribution in [1.29, 1.82) is 0 Å². The summed E-state index contributed by atoms with van der Waals surface area (Å²) in [6.45, 7) is 0. The highest BCUT2D eigenvalue weighted by molar-refractivity contribution is 7.99. The maximum atomic E-state index is 13.4. The van der Waals surface area contributed by atoms with Crippen molar-refractivity contribution in [3.8, 4) is 22.8 Å². The van der Waals surface area contributed by atoms with Gasteiger partial charge in [-0.25, -0.2) is 9.97 Å². The third-order valence-corrected chi connectivity index (χ3v) is 5.23. The largest absolute Gasteiger partial charge is 0.497 e. The fourth-order valence-electron chi connectivity index (χ4n) is 2.76. The zero-order chi connectivity index (χ0) is 24.9. The van der Waals surface area contributed by atoms with Gasteiger partial charge in [0, 0.05) is 11.6 Å². The highest BCUT2D eigenvalue weighted by Gasteiger charge is 2.34. The van der Waals surface area contributed by atoms with E-state index in [0.717, 1.165) is 12.1 Å². The summed E-state index contributed by atoms with van der Waals surface area (Å²) in [5.74, 6) is -0.320. The van der Waals surface area contributed by atoms with Gasteiger partial charge in [-0.3, -0.25) is 14.9 Å². The van der Waals surface area contributed by atoms with E-state index in [9.17, 15) is 28.1 Å². The average Bonchev–Trinajstić information content (AvgIpc) is 2.82. The number of amides is 1. The number of nitro benzene ring substituents is 1. The lowest BCUT2D eigenvalue weighted by Gasteiger charge is -2.12. The minimum atomic E-state index is -4.71. The summed E-state index contributed by atoms with van der Waals surface area (Å²) < 4.78 is 50.2. The van der Waals surface area contributed by atoms with Crippen LogP contribution in [0.2, 0.25) is 0 Å². The number of thioether (sulfide) groups is 1. The molecule has 178 valence electrons. The molecular weight excluding hydrogens is 477 g/mol. The number of benzene rings is 2. The number of carbonyl (C=O) groups excluding carboxylic acids is 1. The summed E-state index contributed by atoms with van der Waals surface area (Å²) in [5.41, 5.74) is -0.760. The fraction of sp³-hybridized carbons (Fsp3) is 0.190. The van der Waals surface area contributed by atoms with Gasteiger partial charge in [-0.2, -0.15) is 13.2 Å². The predicted octanol–water partition coefficient (Wildman–Crippen LogP) is 4.82. The number of nitrogens with zero attached hydrogens (tertiary/aromatic N) is 3. The number of aromatic nitrogens is 2. The van der Waals surface area contributed by atoms with Crippen molar-refractivity contribution in [2.75, 3.05) is 25.3 Å². The summed E-state index contributed by atoms with van der Waals surface area (Å²) in [4.78, 5) is 30.3. The Labute approximate surface area is 195 Å². The van der Waals surface area contributed by atoms with Crippen LogP contribution in [0.3, 0.4) is 0 Å². The molecule has 1 heterocycles. The molecule has 0 aliphatic rings. The van der Waals surface area contributed by atoms with Crippen molar-refractivity contribution < 1.29 is 32.4 Å². The van der Waals surface area contributed by atoms with Gasteiger partial charge in [0.1, 0.15) is 17.2 Å². The summed E-state index contributed by atoms with van der Waals surface area (Å²) in [6, 6.07) is 10.7.